The molecule has 0 aromatic carbocycles. The third-order valence-corrected chi connectivity index (χ3v) is 2.40. The Morgan fingerprint density at radius 1 is 1.00 bits per heavy atom. The van der Waals surface area contributed by atoms with Gasteiger partial charge in [-0.2, -0.15) is 0 Å². The minimum absolute atomic E-state index is 0.0371. The Labute approximate surface area is 97.1 Å². The topological polar surface area (TPSA) is 25.8 Å². The number of hydrogen-bond donors (Lipinski definition) is 0. The predicted octanol–water partition coefficient (Wildman–Crippen LogP) is 3.73. The van der Waals surface area contributed by atoms with Crippen molar-refractivity contribution in [2.45, 2.75) is 52.4 Å². The van der Waals surface area contributed by atoms with Gasteiger partial charge < -0.3 is 0 Å². The first-order valence-corrected chi connectivity index (χ1v) is 5.53. The standard InChI is InChI=1S/C12H19ClN2/c1-11(2,3)9-8(13)7-14-10(15-9)12(4,5)6/h7H,1-6H3. The fourth-order valence-electron chi connectivity index (χ4n) is 1.25. The van der Waals surface area contributed by atoms with Crippen molar-refractivity contribution in [2.75, 3.05) is 0 Å². The van der Waals surface area contributed by atoms with E-state index in [1.807, 2.05) is 0 Å². The highest BCUT2D eigenvalue weighted by atomic mass is 35.5. The molecule has 0 unspecified atom stereocenters. The summed E-state index contributed by atoms with van der Waals surface area (Å²) in [5.74, 6) is 0.844. The Balaban J connectivity index is 3.30. The molecule has 1 aromatic heterocycles. The van der Waals surface area contributed by atoms with Crippen LogP contribution in [0.25, 0.3) is 0 Å². The Hall–Kier alpha value is -0.630. The van der Waals surface area contributed by atoms with Crippen LogP contribution >= 0.6 is 11.6 Å². The molecule has 1 rings (SSSR count). The zero-order valence-corrected chi connectivity index (χ0v) is 11.1. The quantitative estimate of drug-likeness (QED) is 0.674. The van der Waals surface area contributed by atoms with Crippen molar-refractivity contribution in [3.05, 3.63) is 22.7 Å². The van der Waals surface area contributed by atoms with Gasteiger partial charge in [0.2, 0.25) is 0 Å². The molecule has 0 bridgehead atoms. The van der Waals surface area contributed by atoms with Crippen LogP contribution in [0.1, 0.15) is 53.1 Å². The van der Waals surface area contributed by atoms with E-state index in [1.54, 1.807) is 6.20 Å². The van der Waals surface area contributed by atoms with Crippen molar-refractivity contribution >= 4 is 11.6 Å². The lowest BCUT2D eigenvalue weighted by atomic mass is 9.90. The lowest BCUT2D eigenvalue weighted by Crippen LogP contribution is -2.21. The molecule has 2 nitrogen and oxygen atoms in total. The minimum atomic E-state index is -0.0416. The summed E-state index contributed by atoms with van der Waals surface area (Å²) in [4.78, 5) is 8.85. The van der Waals surface area contributed by atoms with Gasteiger partial charge in [0.25, 0.3) is 0 Å². The van der Waals surface area contributed by atoms with E-state index in [9.17, 15) is 0 Å². The largest absolute Gasteiger partial charge is 0.239 e. The molecule has 1 heterocycles. The molecule has 0 aliphatic rings. The predicted molar refractivity (Wildman–Crippen MR) is 64.4 cm³/mol. The molecule has 0 atom stereocenters. The van der Waals surface area contributed by atoms with Gasteiger partial charge in [-0.25, -0.2) is 9.97 Å². The average molecular weight is 227 g/mol. The summed E-state index contributed by atoms with van der Waals surface area (Å²) >= 11 is 6.11. The summed E-state index contributed by atoms with van der Waals surface area (Å²) in [6.45, 7) is 12.6. The van der Waals surface area contributed by atoms with Crippen molar-refractivity contribution in [2.24, 2.45) is 0 Å². The van der Waals surface area contributed by atoms with Crippen LogP contribution in [0.2, 0.25) is 5.02 Å². The number of nitrogens with zero attached hydrogens (tertiary/aromatic N) is 2. The molecule has 0 aliphatic carbocycles. The molecule has 3 heteroatoms. The minimum Gasteiger partial charge on any atom is -0.239 e. The van der Waals surface area contributed by atoms with Gasteiger partial charge in [0.15, 0.2) is 0 Å². The number of rotatable bonds is 0. The second kappa shape index (κ2) is 3.75. The molecular formula is C12H19ClN2. The van der Waals surface area contributed by atoms with Crippen LogP contribution in [0.3, 0.4) is 0 Å². The molecule has 0 aliphatic heterocycles. The number of halogens is 1. The third kappa shape index (κ3) is 2.91. The molecule has 0 N–H and O–H groups in total. The highest BCUT2D eigenvalue weighted by Crippen LogP contribution is 2.29. The van der Waals surface area contributed by atoms with E-state index in [0.717, 1.165) is 11.5 Å². The van der Waals surface area contributed by atoms with Crippen LogP contribution in [0.5, 0.6) is 0 Å². The van der Waals surface area contributed by atoms with Gasteiger partial charge in [-0.1, -0.05) is 53.1 Å². The molecule has 0 radical (unpaired) electrons. The second-order valence-corrected chi connectivity index (χ2v) is 6.30. The first kappa shape index (κ1) is 12.4. The third-order valence-electron chi connectivity index (χ3n) is 2.13. The highest BCUT2D eigenvalue weighted by Gasteiger charge is 2.24. The normalized spacial score (nSPS) is 13.0. The summed E-state index contributed by atoms with van der Waals surface area (Å²) in [5, 5.41) is 0.649. The van der Waals surface area contributed by atoms with Crippen LogP contribution in [0.4, 0.5) is 0 Å². The summed E-state index contributed by atoms with van der Waals surface area (Å²) in [5.41, 5.74) is 0.842. The monoisotopic (exact) mass is 226 g/mol. The van der Waals surface area contributed by atoms with Crippen molar-refractivity contribution < 1.29 is 0 Å². The smallest absolute Gasteiger partial charge is 0.133 e. The maximum atomic E-state index is 6.11. The first-order valence-electron chi connectivity index (χ1n) is 5.16. The van der Waals surface area contributed by atoms with E-state index in [0.29, 0.717) is 5.02 Å². The van der Waals surface area contributed by atoms with Gasteiger partial charge in [0, 0.05) is 17.0 Å². The number of hydrogen-bond acceptors (Lipinski definition) is 2. The summed E-state index contributed by atoms with van der Waals surface area (Å²) in [7, 11) is 0. The van der Waals surface area contributed by atoms with E-state index >= 15 is 0 Å². The second-order valence-electron chi connectivity index (χ2n) is 5.89. The van der Waals surface area contributed by atoms with Crippen LogP contribution in [-0.2, 0) is 10.8 Å². The number of aromatic nitrogens is 2. The van der Waals surface area contributed by atoms with E-state index in [1.165, 1.54) is 0 Å². The van der Waals surface area contributed by atoms with Gasteiger partial charge in [-0.05, 0) is 0 Å². The van der Waals surface area contributed by atoms with Crippen molar-refractivity contribution in [3.8, 4) is 0 Å². The summed E-state index contributed by atoms with van der Waals surface area (Å²) < 4.78 is 0. The van der Waals surface area contributed by atoms with Crippen LogP contribution < -0.4 is 0 Å². The zero-order chi connectivity index (χ0) is 11.9. The Bertz CT molecular complexity index is 359. The van der Waals surface area contributed by atoms with Gasteiger partial charge in [-0.15, -0.1) is 0 Å². The van der Waals surface area contributed by atoms with Gasteiger partial charge in [0.1, 0.15) is 5.82 Å². The Kier molecular flexibility index (Phi) is 3.11. The lowest BCUT2D eigenvalue weighted by molar-refractivity contribution is 0.513. The van der Waals surface area contributed by atoms with Gasteiger partial charge >= 0.3 is 0 Å². The highest BCUT2D eigenvalue weighted by molar-refractivity contribution is 6.31. The molecule has 84 valence electrons. The molecule has 0 spiro atoms. The van der Waals surface area contributed by atoms with E-state index in [-0.39, 0.29) is 10.8 Å². The Morgan fingerprint density at radius 3 is 1.93 bits per heavy atom. The SMILES string of the molecule is CC(C)(C)c1ncc(Cl)c(C(C)(C)C)n1. The molecule has 15 heavy (non-hydrogen) atoms. The van der Waals surface area contributed by atoms with E-state index < -0.39 is 0 Å². The van der Waals surface area contributed by atoms with E-state index in [4.69, 9.17) is 11.6 Å². The fourth-order valence-corrected chi connectivity index (χ4v) is 1.63. The van der Waals surface area contributed by atoms with Crippen molar-refractivity contribution in [1.29, 1.82) is 0 Å². The van der Waals surface area contributed by atoms with Gasteiger partial charge in [0.05, 0.1) is 10.7 Å². The van der Waals surface area contributed by atoms with Crippen molar-refractivity contribution in [1.82, 2.24) is 9.97 Å². The maximum absolute atomic E-state index is 6.11. The molecule has 1 aromatic rings. The maximum Gasteiger partial charge on any atom is 0.133 e. The molecule has 0 fully saturated rings. The van der Waals surface area contributed by atoms with Crippen LogP contribution in [0.15, 0.2) is 6.20 Å². The van der Waals surface area contributed by atoms with Crippen LogP contribution in [0, 0.1) is 0 Å². The van der Waals surface area contributed by atoms with Crippen molar-refractivity contribution in [3.63, 3.8) is 0 Å². The zero-order valence-electron chi connectivity index (χ0n) is 10.3. The first-order chi connectivity index (χ1) is 6.62. The average Bonchev–Trinajstić information content (AvgIpc) is 2.00. The molecule has 0 saturated carbocycles. The molecule has 0 saturated heterocycles. The lowest BCUT2D eigenvalue weighted by Gasteiger charge is -2.23. The van der Waals surface area contributed by atoms with Crippen LogP contribution in [-0.4, -0.2) is 9.97 Å². The fraction of sp³-hybridized carbons (Fsp3) is 0.667. The Morgan fingerprint density at radius 2 is 1.53 bits per heavy atom. The summed E-state index contributed by atoms with van der Waals surface area (Å²) in [6, 6.07) is 0. The molecule has 0 amide bonds. The molecular weight excluding hydrogens is 208 g/mol. The summed E-state index contributed by atoms with van der Waals surface area (Å²) in [6.07, 6.45) is 1.70. The van der Waals surface area contributed by atoms with Gasteiger partial charge in [-0.3, -0.25) is 0 Å². The van der Waals surface area contributed by atoms with E-state index in [2.05, 4.69) is 51.5 Å².